The predicted molar refractivity (Wildman–Crippen MR) is 368 cm³/mol. The number of β-lactam (4-membered cyclic amide) rings is 1. The van der Waals surface area contributed by atoms with Crippen molar-refractivity contribution in [3.8, 4) is 11.5 Å². The van der Waals surface area contributed by atoms with Crippen molar-refractivity contribution in [1.29, 1.82) is 0 Å². The number of aliphatic hydroxyl groups is 4. The van der Waals surface area contributed by atoms with Crippen LogP contribution in [-0.2, 0) is 74.1 Å². The van der Waals surface area contributed by atoms with Crippen LogP contribution in [0.4, 0.5) is 13.2 Å². The number of halogens is 3. The van der Waals surface area contributed by atoms with E-state index in [4.69, 9.17) is 43.6 Å². The molecule has 0 radical (unpaired) electrons. The Hall–Kier alpha value is -5.82. The lowest BCUT2D eigenvalue weighted by Crippen LogP contribution is -2.71. The average molecular weight is 1480 g/mol. The number of pyridine rings is 1. The van der Waals surface area contributed by atoms with Gasteiger partial charge in [0.2, 0.25) is 11.8 Å². The summed E-state index contributed by atoms with van der Waals surface area (Å²) in [6, 6.07) is 11.5. The third-order valence-electron chi connectivity index (χ3n) is 20.3. The largest absolute Gasteiger partial charge is 0.609 e. The zero-order valence-electron chi connectivity index (χ0n) is 60.7. The molecule has 5 aliphatic heterocycles. The smallest absolute Gasteiger partial charge is 0.422 e. The first kappa shape index (κ1) is 83.5. The van der Waals surface area contributed by atoms with Gasteiger partial charge in [-0.3, -0.25) is 29.1 Å². The Labute approximate surface area is 599 Å². The number of phenols is 1. The van der Waals surface area contributed by atoms with E-state index in [2.05, 4.69) is 20.3 Å². The summed E-state index contributed by atoms with van der Waals surface area (Å²) in [5.74, 6) is -6.31. The number of Topliss-reactive ketones (excluding diaryl/α,β-unsaturated/α-hetero) is 1. The van der Waals surface area contributed by atoms with E-state index >= 15 is 0 Å². The number of likely N-dealkylation sites (N-methyl/N-ethyl adjacent to an activating group) is 1. The van der Waals surface area contributed by atoms with E-state index in [0.717, 1.165) is 5.52 Å². The zero-order valence-corrected chi connectivity index (χ0v) is 62.3. The fraction of sp³-hybridized carbons (Fsp3) is 0.671. The SMILES string of the molecule is CC1(C)S[C@@H]2[C@H](NC(=O)[C@H](N)c3ccc(O)cc3)C(=O)N2[C@H]1C(=O)O.CC[C@H]1OC(=O)[C@H](C)[C@@H](O[C@H]2C[C@@](C)(OC)[C@@H](O)[C@H](C)O2)[C@H](C)[C@@H](O[C@@H]2O[C@H](C)C[C@H](N(C)C)[C@H]2O)[C@](C)(OC)C[C@@H](C)C(=O)[C@H](C)[C@@H](O)[C@]1(C)O.Cc1c(OCC(F)(F)F)ccnc1C[S+]([O-])c1nc2ccccc2[nH]1. The number of nitrogens with one attached hydrogen (secondary N) is 2. The number of cyclic esters (lactones) is 1. The number of rotatable bonds is 17. The summed E-state index contributed by atoms with van der Waals surface area (Å²) >= 11 is -0.161. The van der Waals surface area contributed by atoms with Crippen LogP contribution in [0, 0.1) is 30.6 Å². The van der Waals surface area contributed by atoms with E-state index < -0.39 is 172 Å². The number of carboxylic acid groups (broad SMARTS) is 1. The minimum atomic E-state index is -4.42. The van der Waals surface area contributed by atoms with Gasteiger partial charge in [0.15, 0.2) is 24.9 Å². The zero-order chi connectivity index (χ0) is 76.2. The lowest BCUT2D eigenvalue weighted by Gasteiger charge is -2.50. The van der Waals surface area contributed by atoms with Gasteiger partial charge in [0.25, 0.3) is 0 Å². The maximum atomic E-state index is 14.2. The highest BCUT2D eigenvalue weighted by atomic mass is 32.2. The average Bonchev–Trinajstić information content (AvgIpc) is 1.55. The van der Waals surface area contributed by atoms with Gasteiger partial charge < -0.3 is 93.9 Å². The van der Waals surface area contributed by atoms with Crippen LogP contribution >= 0.6 is 11.8 Å². The van der Waals surface area contributed by atoms with Crippen molar-refractivity contribution >= 4 is 63.5 Å². The first-order valence-electron chi connectivity index (χ1n) is 33.9. The van der Waals surface area contributed by atoms with Gasteiger partial charge in [-0.15, -0.1) is 11.8 Å². The number of hydrogen-bond donors (Lipinski definition) is 9. The van der Waals surface area contributed by atoms with Gasteiger partial charge in [-0.1, -0.05) is 52.0 Å². The topological polar surface area (TPSA) is 390 Å². The number of aromatic hydroxyl groups is 1. The number of benzene rings is 2. The molecule has 2 amide bonds. The van der Waals surface area contributed by atoms with E-state index in [1.165, 1.54) is 74.3 Å². The quantitative estimate of drug-likeness (QED) is 0.0333. The number of esters is 1. The number of aromatic nitrogens is 3. The van der Waals surface area contributed by atoms with Crippen molar-refractivity contribution < 1.29 is 110 Å². The van der Waals surface area contributed by atoms with Crippen LogP contribution in [0.3, 0.4) is 0 Å². The molecule has 7 heterocycles. The van der Waals surface area contributed by atoms with Crippen molar-refractivity contribution in [3.63, 3.8) is 0 Å². The standard InChI is InChI=1S/C38H69NO13.C16H14F3N3O2S.C16H19N3O5S/c1-15-26-38(10,45)31(42)21(4)28(40)19(2)17-37(9,47-14)33(52-35-29(41)25(39(11)12)16-20(3)48-35)22(5)30(23(6)34(44)50-26)51-27-18-36(8,46-13)32(43)24(7)49-27;1-10-13(20-7-6-14(10)24-9-16(17,18)19)8-25(23)15-21-11-4-2-3-5-12(11)22-15;1-16(2)11(15(23)24)19-13(22)10(14(19)25-16)18-12(21)9(17)7-3-5-8(20)6-4-7/h19-27,29-33,35,41-43,45H,15-18H2,1-14H3;2-7H,8-9H2,1H3,(H,21,22);3-6,9-11,14,20H,17H2,1-2H3,(H,18,21)(H,23,24)/t19-,20-,21+,22+,23-,24+,25+,26-,27+,29-,30+,31-,32+,33-,35+,36-,37-,38-;;9-,10-,11+,14-/m1.1/s1. The maximum Gasteiger partial charge on any atom is 0.422 e. The molecule has 0 bridgehead atoms. The normalized spacial score (nSPS) is 35.1. The van der Waals surface area contributed by atoms with Gasteiger partial charge >= 0.3 is 23.3 Å². The number of carbonyl (C=O) groups excluding carboxylic acids is 4. The number of nitrogens with zero attached hydrogens (tertiary/aromatic N) is 4. The molecule has 9 rings (SSSR count). The Morgan fingerprint density at radius 3 is 2.15 bits per heavy atom. The van der Waals surface area contributed by atoms with Crippen LogP contribution in [-0.4, -0.2) is 237 Å². The highest BCUT2D eigenvalue weighted by Gasteiger charge is 2.64. The number of phenolic OH excluding ortho intramolecular Hbond substituents is 1. The molecule has 2 aromatic heterocycles. The number of aliphatic hydroxyl groups excluding tert-OH is 3. The molecule has 0 spiro atoms. The van der Waals surface area contributed by atoms with Gasteiger partial charge in [-0.05, 0) is 132 Å². The monoisotopic (exact) mass is 1480 g/mol. The number of para-hydroxylation sites is 2. The number of methoxy groups -OCH3 is 2. The van der Waals surface area contributed by atoms with Crippen LogP contribution in [0.15, 0.2) is 66.0 Å². The summed E-state index contributed by atoms with van der Waals surface area (Å²) in [5.41, 5.74) is 4.45. The summed E-state index contributed by atoms with van der Waals surface area (Å²) in [6.45, 7) is 20.8. The van der Waals surface area contributed by atoms with Crippen molar-refractivity contribution in [2.24, 2.45) is 29.4 Å². The van der Waals surface area contributed by atoms with Crippen molar-refractivity contribution in [2.45, 2.75) is 245 Å². The van der Waals surface area contributed by atoms with Crippen LogP contribution in [0.5, 0.6) is 11.5 Å². The van der Waals surface area contributed by atoms with E-state index in [9.17, 15) is 72.3 Å². The number of ketones is 1. The van der Waals surface area contributed by atoms with E-state index in [-0.39, 0.29) is 54.4 Å². The van der Waals surface area contributed by atoms with Gasteiger partial charge in [0, 0.05) is 72.1 Å². The molecule has 5 saturated heterocycles. The molecule has 102 heavy (non-hydrogen) atoms. The summed E-state index contributed by atoms with van der Waals surface area (Å²) in [5, 5.41) is 66.7. The lowest BCUT2D eigenvalue weighted by molar-refractivity contribution is -0.319. The Morgan fingerprint density at radius 1 is 0.922 bits per heavy atom. The Bertz CT molecular complexity index is 3490. The molecular weight excluding hydrogens is 1380 g/mol. The summed E-state index contributed by atoms with van der Waals surface area (Å²) in [7, 11) is 6.77. The minimum Gasteiger partial charge on any atom is -0.609 e. The fourth-order valence-electron chi connectivity index (χ4n) is 14.1. The second kappa shape index (κ2) is 33.7. The number of carboxylic acids is 1. The number of aliphatic carboxylic acids is 1. The third kappa shape index (κ3) is 18.9. The van der Waals surface area contributed by atoms with Gasteiger partial charge in [-0.25, -0.2) is 4.79 Å². The number of alkyl halides is 3. The van der Waals surface area contributed by atoms with Gasteiger partial charge in [0.1, 0.15) is 64.7 Å². The molecular formula is C70H102F3N7O20S2. The first-order chi connectivity index (χ1) is 47.4. The highest BCUT2D eigenvalue weighted by Crippen LogP contribution is 2.51. The minimum absolute atomic E-state index is 0.0227. The molecule has 1 unspecified atom stereocenters. The van der Waals surface area contributed by atoms with E-state index in [0.29, 0.717) is 33.9 Å². The molecule has 0 aliphatic carbocycles. The molecule has 4 aromatic rings. The second-order valence-corrected chi connectivity index (χ2v) is 31.8. The number of nitrogens with two attached hydrogens (primary N) is 1. The third-order valence-corrected chi connectivity index (χ3v) is 23.0. The van der Waals surface area contributed by atoms with Crippen molar-refractivity contribution in [2.75, 3.05) is 34.9 Å². The lowest BCUT2D eigenvalue weighted by atomic mass is 9.74. The summed E-state index contributed by atoms with van der Waals surface area (Å²) < 4.78 is 97.4. The van der Waals surface area contributed by atoms with Crippen LogP contribution < -0.4 is 15.8 Å². The molecule has 23 atom stereocenters. The summed E-state index contributed by atoms with van der Waals surface area (Å²) in [4.78, 5) is 78.9. The molecule has 570 valence electrons. The molecule has 27 nitrogen and oxygen atoms in total. The van der Waals surface area contributed by atoms with Crippen molar-refractivity contribution in [1.82, 2.24) is 30.1 Å². The number of amides is 2. The van der Waals surface area contributed by atoms with Crippen LogP contribution in [0.1, 0.15) is 132 Å². The number of imidazole rings is 1. The van der Waals surface area contributed by atoms with Crippen LogP contribution in [0.2, 0.25) is 0 Å². The number of fused-ring (bicyclic) bond motifs is 2. The number of aromatic amines is 1. The van der Waals surface area contributed by atoms with Crippen molar-refractivity contribution in [3.05, 3.63) is 77.6 Å². The second-order valence-electron chi connectivity index (χ2n) is 28.6. The maximum absolute atomic E-state index is 14.2. The Kier molecular flexibility index (Phi) is 27.6. The number of ether oxygens (including phenoxy) is 8. The highest BCUT2D eigenvalue weighted by molar-refractivity contribution is 8.01. The number of thioether (sulfide) groups is 1. The Balaban J connectivity index is 0.000000240. The number of hydrogen-bond acceptors (Lipinski definition) is 24. The molecule has 5 aliphatic rings. The molecule has 0 saturated carbocycles. The Morgan fingerprint density at radius 2 is 1.56 bits per heavy atom. The van der Waals surface area contributed by atoms with E-state index in [1.807, 2.05) is 51.0 Å². The summed E-state index contributed by atoms with van der Waals surface area (Å²) in [6.07, 6.45) is -11.8. The predicted octanol–water partition coefficient (Wildman–Crippen LogP) is 5.98. The van der Waals surface area contributed by atoms with Gasteiger partial charge in [-0.2, -0.15) is 18.2 Å². The molecule has 2 aromatic carbocycles. The number of H-pyrrole nitrogens is 1. The molecule has 5 fully saturated rings. The molecule has 32 heteroatoms. The van der Waals surface area contributed by atoms with Gasteiger partial charge in [0.05, 0.1) is 64.4 Å². The number of carbonyl (C=O) groups is 5. The van der Waals surface area contributed by atoms with E-state index in [1.54, 1.807) is 75.3 Å². The fourth-order valence-corrected chi connectivity index (χ4v) is 16.8. The first-order valence-corrected chi connectivity index (χ1v) is 36.1. The van der Waals surface area contributed by atoms with Crippen LogP contribution in [0.25, 0.3) is 11.0 Å². The molecule has 10 N–H and O–H groups in total.